The van der Waals surface area contributed by atoms with Gasteiger partial charge < -0.3 is 24.1 Å². The van der Waals surface area contributed by atoms with E-state index >= 15 is 0 Å². The molecule has 0 spiro atoms. The van der Waals surface area contributed by atoms with Crippen LogP contribution in [-0.2, 0) is 21.3 Å². The molecule has 3 aromatic rings. The van der Waals surface area contributed by atoms with Gasteiger partial charge >= 0.3 is 11.9 Å². The minimum atomic E-state index is -0.845. The van der Waals surface area contributed by atoms with Crippen LogP contribution in [0, 0.1) is 11.6 Å². The fourth-order valence-corrected chi connectivity index (χ4v) is 3.84. The topological polar surface area (TPSA) is 122 Å². The number of methoxy groups -OCH3 is 2. The largest absolute Gasteiger partial charge is 0.480 e. The molecule has 1 amide bonds. The lowest BCUT2D eigenvalue weighted by atomic mass is 10.1. The number of rotatable bonds is 9. The molecule has 1 atom stereocenters. The lowest BCUT2D eigenvalue weighted by Crippen LogP contribution is -2.16. The number of hydrogen-bond acceptors (Lipinski definition) is 9. The van der Waals surface area contributed by atoms with Crippen molar-refractivity contribution in [1.29, 1.82) is 0 Å². The zero-order valence-electron chi connectivity index (χ0n) is 19.7. The molecule has 36 heavy (non-hydrogen) atoms. The van der Waals surface area contributed by atoms with Crippen LogP contribution in [0.15, 0.2) is 41.6 Å². The second kappa shape index (κ2) is 11.6. The first-order chi connectivity index (χ1) is 17.1. The summed E-state index contributed by atoms with van der Waals surface area (Å²) < 4.78 is 43.5. The highest BCUT2D eigenvalue weighted by atomic mass is 32.2. The maximum Gasteiger partial charge on any atom is 0.337 e. The highest BCUT2D eigenvalue weighted by Crippen LogP contribution is 2.26. The Balaban J connectivity index is 1.66. The van der Waals surface area contributed by atoms with Gasteiger partial charge in [-0.2, -0.15) is 0 Å². The Kier molecular flexibility index (Phi) is 8.59. The van der Waals surface area contributed by atoms with Gasteiger partial charge in [0.1, 0.15) is 5.82 Å². The number of benzene rings is 2. The molecule has 1 unspecified atom stereocenters. The van der Waals surface area contributed by atoms with E-state index < -0.39 is 35.6 Å². The van der Waals surface area contributed by atoms with Crippen LogP contribution in [-0.4, -0.2) is 52.6 Å². The maximum absolute atomic E-state index is 13.9. The standard InChI is InChI=1S/C23H22F2N4O6S/c1-12(35-18-6-5-15(24)10-17(18)25)20-27-28-23(29(20)2)36-11-19(30)26-16-8-13(21(31)33-3)7-14(9-16)22(32)34-4/h5-10,12H,11H2,1-4H3,(H,26,30). The highest BCUT2D eigenvalue weighted by Gasteiger charge is 2.20. The molecule has 3 rings (SSSR count). The Morgan fingerprint density at radius 3 is 2.25 bits per heavy atom. The third-order valence-corrected chi connectivity index (χ3v) is 5.84. The SMILES string of the molecule is COC(=O)c1cc(NC(=O)CSc2nnc(C(C)Oc3ccc(F)cc3F)n2C)cc(C(=O)OC)c1. The monoisotopic (exact) mass is 520 g/mol. The van der Waals surface area contributed by atoms with Gasteiger partial charge in [0, 0.05) is 18.8 Å². The Labute approximate surface area is 208 Å². The molecule has 1 heterocycles. The number of carbonyl (C=O) groups is 3. The van der Waals surface area contributed by atoms with Gasteiger partial charge in [-0.15, -0.1) is 10.2 Å². The van der Waals surface area contributed by atoms with E-state index in [1.165, 1.54) is 38.5 Å². The zero-order chi connectivity index (χ0) is 26.4. The average Bonchev–Trinajstić information content (AvgIpc) is 3.23. The fraction of sp³-hybridized carbons (Fsp3) is 0.261. The van der Waals surface area contributed by atoms with Crippen molar-refractivity contribution in [3.05, 3.63) is 65.0 Å². The molecule has 0 aliphatic carbocycles. The number of amides is 1. The summed E-state index contributed by atoms with van der Waals surface area (Å²) in [4.78, 5) is 36.4. The number of carbonyl (C=O) groups excluding carboxylic acids is 3. The number of halogens is 2. The van der Waals surface area contributed by atoms with Crippen molar-refractivity contribution in [2.45, 2.75) is 18.2 Å². The molecule has 0 saturated heterocycles. The van der Waals surface area contributed by atoms with Gasteiger partial charge in [-0.1, -0.05) is 11.8 Å². The van der Waals surface area contributed by atoms with Crippen LogP contribution < -0.4 is 10.1 Å². The van der Waals surface area contributed by atoms with Gasteiger partial charge in [0.15, 0.2) is 28.7 Å². The van der Waals surface area contributed by atoms with E-state index in [0.29, 0.717) is 17.0 Å². The molecule has 13 heteroatoms. The molecular formula is C23H22F2N4O6S. The van der Waals surface area contributed by atoms with Crippen molar-refractivity contribution in [2.24, 2.45) is 7.05 Å². The summed E-state index contributed by atoms with van der Waals surface area (Å²) in [5.41, 5.74) is 0.326. The van der Waals surface area contributed by atoms with Crippen molar-refractivity contribution in [3.63, 3.8) is 0 Å². The molecule has 190 valence electrons. The molecule has 0 aliphatic rings. The number of anilines is 1. The lowest BCUT2D eigenvalue weighted by Gasteiger charge is -2.14. The smallest absolute Gasteiger partial charge is 0.337 e. The normalized spacial score (nSPS) is 11.5. The van der Waals surface area contributed by atoms with Crippen LogP contribution in [0.5, 0.6) is 5.75 Å². The van der Waals surface area contributed by atoms with Gasteiger partial charge in [0.25, 0.3) is 0 Å². The summed E-state index contributed by atoms with van der Waals surface area (Å²) in [6.07, 6.45) is -0.719. The summed E-state index contributed by atoms with van der Waals surface area (Å²) in [7, 11) is 4.04. The van der Waals surface area contributed by atoms with E-state index in [-0.39, 0.29) is 28.3 Å². The number of nitrogens with one attached hydrogen (secondary N) is 1. The quantitative estimate of drug-likeness (QED) is 0.333. The molecule has 0 saturated carbocycles. The number of hydrogen-bond donors (Lipinski definition) is 1. The maximum atomic E-state index is 13.9. The van der Waals surface area contributed by atoms with Crippen LogP contribution in [0.25, 0.3) is 0 Å². The van der Waals surface area contributed by atoms with E-state index in [0.717, 1.165) is 17.8 Å². The summed E-state index contributed by atoms with van der Waals surface area (Å²) in [5.74, 6) is -3.24. The van der Waals surface area contributed by atoms with Crippen LogP contribution in [0.1, 0.15) is 39.6 Å². The number of nitrogens with zero attached hydrogens (tertiary/aromatic N) is 3. The van der Waals surface area contributed by atoms with Crippen LogP contribution in [0.3, 0.4) is 0 Å². The molecule has 1 N–H and O–H groups in total. The second-order valence-corrected chi connectivity index (χ2v) is 8.30. The van der Waals surface area contributed by atoms with Crippen LogP contribution in [0.4, 0.5) is 14.5 Å². The Morgan fingerprint density at radius 1 is 1.03 bits per heavy atom. The van der Waals surface area contributed by atoms with Crippen molar-refractivity contribution in [3.8, 4) is 5.75 Å². The van der Waals surface area contributed by atoms with E-state index in [4.69, 9.17) is 4.74 Å². The van der Waals surface area contributed by atoms with E-state index in [2.05, 4.69) is 25.0 Å². The molecule has 1 aromatic heterocycles. The minimum absolute atomic E-state index is 0.0628. The third kappa shape index (κ3) is 6.36. The zero-order valence-corrected chi connectivity index (χ0v) is 20.5. The Morgan fingerprint density at radius 2 is 1.67 bits per heavy atom. The molecule has 2 aromatic carbocycles. The van der Waals surface area contributed by atoms with Crippen LogP contribution >= 0.6 is 11.8 Å². The molecule has 0 radical (unpaired) electrons. The van der Waals surface area contributed by atoms with Gasteiger partial charge in [-0.05, 0) is 37.3 Å². The molecule has 10 nitrogen and oxygen atoms in total. The van der Waals surface area contributed by atoms with Crippen molar-refractivity contribution in [2.75, 3.05) is 25.3 Å². The molecular weight excluding hydrogens is 498 g/mol. The van der Waals surface area contributed by atoms with Gasteiger partial charge in [-0.3, -0.25) is 4.79 Å². The number of ether oxygens (including phenoxy) is 3. The molecule has 0 fully saturated rings. The first kappa shape index (κ1) is 26.6. The van der Waals surface area contributed by atoms with Crippen molar-refractivity contribution in [1.82, 2.24) is 14.8 Å². The van der Waals surface area contributed by atoms with E-state index in [1.54, 1.807) is 18.5 Å². The average molecular weight is 521 g/mol. The number of aromatic nitrogens is 3. The first-order valence-electron chi connectivity index (χ1n) is 10.4. The van der Waals surface area contributed by atoms with E-state index in [9.17, 15) is 23.2 Å². The predicted molar refractivity (Wildman–Crippen MR) is 125 cm³/mol. The third-order valence-electron chi connectivity index (χ3n) is 4.82. The van der Waals surface area contributed by atoms with Gasteiger partial charge in [0.05, 0.1) is 31.1 Å². The second-order valence-electron chi connectivity index (χ2n) is 7.35. The summed E-state index contributed by atoms with van der Waals surface area (Å²) in [6, 6.07) is 7.01. The van der Waals surface area contributed by atoms with E-state index in [1.807, 2.05) is 0 Å². The molecule has 0 bridgehead atoms. The molecule has 0 aliphatic heterocycles. The Bertz CT molecular complexity index is 1270. The van der Waals surface area contributed by atoms with Gasteiger partial charge in [0.2, 0.25) is 5.91 Å². The van der Waals surface area contributed by atoms with Crippen molar-refractivity contribution >= 4 is 35.3 Å². The first-order valence-corrected chi connectivity index (χ1v) is 11.4. The fourth-order valence-electron chi connectivity index (χ4n) is 3.12. The Hall–Kier alpha value is -4.00. The summed E-state index contributed by atoms with van der Waals surface area (Å²) in [6.45, 7) is 1.63. The highest BCUT2D eigenvalue weighted by molar-refractivity contribution is 7.99. The summed E-state index contributed by atoms with van der Waals surface area (Å²) >= 11 is 1.07. The predicted octanol–water partition coefficient (Wildman–Crippen LogP) is 3.54. The van der Waals surface area contributed by atoms with Crippen molar-refractivity contribution < 1.29 is 37.4 Å². The van der Waals surface area contributed by atoms with Crippen LogP contribution in [0.2, 0.25) is 0 Å². The summed E-state index contributed by atoms with van der Waals surface area (Å²) in [5, 5.41) is 11.1. The number of thioether (sulfide) groups is 1. The number of esters is 2. The lowest BCUT2D eigenvalue weighted by molar-refractivity contribution is -0.113. The minimum Gasteiger partial charge on any atom is -0.480 e. The van der Waals surface area contributed by atoms with Gasteiger partial charge in [-0.25, -0.2) is 18.4 Å².